The molecule has 0 aromatic heterocycles. The lowest BCUT2D eigenvalue weighted by molar-refractivity contribution is -0.163. The van der Waals surface area contributed by atoms with E-state index in [9.17, 15) is 24.6 Å². The maximum atomic E-state index is 12.4. The number of carboxylic acids is 1. The van der Waals surface area contributed by atoms with Gasteiger partial charge >= 0.3 is 5.97 Å². The molecule has 2 amide bonds. The van der Waals surface area contributed by atoms with Gasteiger partial charge in [0.15, 0.2) is 0 Å². The molecule has 7 atom stereocenters. The van der Waals surface area contributed by atoms with E-state index in [4.69, 9.17) is 10.5 Å². The predicted octanol–water partition coefficient (Wildman–Crippen LogP) is -0.548. The highest BCUT2D eigenvalue weighted by molar-refractivity contribution is 8.03. The van der Waals surface area contributed by atoms with Crippen molar-refractivity contribution in [1.82, 2.24) is 10.2 Å². The SMILES string of the molecule is C[C@H](N)C(=O)N[C@@H]1OCC[C@H]1SC1=C(C(=O)O)N2C(=O)[C@H]([C@@H](C)O)[C@H]2[C@H]1C. The highest BCUT2D eigenvalue weighted by Gasteiger charge is 2.60. The number of nitrogens with zero attached hydrogens (tertiary/aromatic N) is 1. The fraction of sp³-hybridized carbons (Fsp3) is 0.706. The summed E-state index contributed by atoms with van der Waals surface area (Å²) < 4.78 is 5.58. The standard InChI is InChI=1S/C17H25N3O6S/c1-6-11-10(8(3)21)16(23)20(11)12(17(24)25)13(6)27-9-4-5-26-15(9)19-14(22)7(2)18/h6-11,15,21H,4-5,18H2,1-3H3,(H,19,22)(H,24,25)/t6-,7+,8-,9-,10-,11-,15-/m1/s1. The van der Waals surface area contributed by atoms with Gasteiger partial charge in [-0.15, -0.1) is 11.8 Å². The highest BCUT2D eigenvalue weighted by atomic mass is 32.2. The number of nitrogens with two attached hydrogens (primary N) is 1. The molecule has 3 aliphatic rings. The fourth-order valence-corrected chi connectivity index (χ4v) is 5.40. The molecule has 0 spiro atoms. The van der Waals surface area contributed by atoms with E-state index < -0.39 is 30.3 Å². The minimum Gasteiger partial charge on any atom is -0.477 e. The quantitative estimate of drug-likeness (QED) is 0.436. The number of nitrogens with one attached hydrogen (secondary N) is 1. The fourth-order valence-electron chi connectivity index (χ4n) is 3.94. The van der Waals surface area contributed by atoms with Gasteiger partial charge in [0.05, 0.1) is 36.0 Å². The van der Waals surface area contributed by atoms with E-state index in [-0.39, 0.29) is 34.7 Å². The molecule has 0 bridgehead atoms. The van der Waals surface area contributed by atoms with Crippen molar-refractivity contribution < 1.29 is 29.3 Å². The van der Waals surface area contributed by atoms with E-state index in [1.54, 1.807) is 13.8 Å². The van der Waals surface area contributed by atoms with Crippen LogP contribution in [0.5, 0.6) is 0 Å². The van der Waals surface area contributed by atoms with E-state index >= 15 is 0 Å². The van der Waals surface area contributed by atoms with Gasteiger partial charge in [0.1, 0.15) is 11.9 Å². The number of hydrogen-bond donors (Lipinski definition) is 4. The first-order valence-electron chi connectivity index (χ1n) is 8.98. The number of fused-ring (bicyclic) bond motifs is 1. The van der Waals surface area contributed by atoms with Crippen LogP contribution >= 0.6 is 11.8 Å². The lowest BCUT2D eigenvalue weighted by Crippen LogP contribution is -2.63. The second-order valence-corrected chi connectivity index (χ2v) is 8.59. The summed E-state index contributed by atoms with van der Waals surface area (Å²) in [7, 11) is 0. The van der Waals surface area contributed by atoms with Crippen molar-refractivity contribution in [3.63, 3.8) is 0 Å². The Balaban J connectivity index is 1.82. The number of rotatable bonds is 6. The number of hydrogen-bond acceptors (Lipinski definition) is 7. The second-order valence-electron chi connectivity index (χ2n) is 7.31. The average molecular weight is 399 g/mol. The number of carboxylic acid groups (broad SMARTS) is 1. The smallest absolute Gasteiger partial charge is 0.353 e. The van der Waals surface area contributed by atoms with Gasteiger partial charge in [-0.05, 0) is 20.3 Å². The van der Waals surface area contributed by atoms with Gasteiger partial charge in [-0.1, -0.05) is 6.92 Å². The molecule has 150 valence electrons. The Morgan fingerprint density at radius 3 is 2.63 bits per heavy atom. The third-order valence-electron chi connectivity index (χ3n) is 5.32. The summed E-state index contributed by atoms with van der Waals surface area (Å²) in [6, 6.07) is -1.03. The topological polar surface area (TPSA) is 142 Å². The second kappa shape index (κ2) is 7.42. The molecule has 0 aromatic rings. The molecule has 0 aliphatic carbocycles. The van der Waals surface area contributed by atoms with Crippen LogP contribution in [0.2, 0.25) is 0 Å². The first-order chi connectivity index (χ1) is 12.6. The van der Waals surface area contributed by atoms with Crippen LogP contribution in [-0.4, -0.2) is 69.2 Å². The average Bonchev–Trinajstić information content (AvgIpc) is 3.09. The molecule has 2 fully saturated rings. The molecule has 9 nitrogen and oxygen atoms in total. The molecule has 10 heteroatoms. The zero-order valence-electron chi connectivity index (χ0n) is 15.4. The van der Waals surface area contributed by atoms with E-state index in [1.807, 2.05) is 6.92 Å². The summed E-state index contributed by atoms with van der Waals surface area (Å²) in [5, 5.41) is 22.1. The molecule has 3 heterocycles. The van der Waals surface area contributed by atoms with Crippen LogP contribution in [-0.2, 0) is 19.1 Å². The summed E-state index contributed by atoms with van der Waals surface area (Å²) in [6.45, 7) is 5.42. The number of β-lactam (4-membered cyclic amide) rings is 1. The van der Waals surface area contributed by atoms with E-state index in [0.29, 0.717) is 17.9 Å². The zero-order valence-corrected chi connectivity index (χ0v) is 16.2. The lowest BCUT2D eigenvalue weighted by atomic mass is 9.79. The van der Waals surface area contributed by atoms with Crippen molar-refractivity contribution in [3.8, 4) is 0 Å². The predicted molar refractivity (Wildman–Crippen MR) is 97.2 cm³/mol. The molecule has 3 rings (SSSR count). The summed E-state index contributed by atoms with van der Waals surface area (Å²) in [5.41, 5.74) is 5.56. The van der Waals surface area contributed by atoms with E-state index in [1.165, 1.54) is 16.7 Å². The Hall–Kier alpha value is -1.62. The van der Waals surface area contributed by atoms with Crippen LogP contribution in [0.1, 0.15) is 27.2 Å². The van der Waals surface area contributed by atoms with E-state index in [2.05, 4.69) is 5.32 Å². The van der Waals surface area contributed by atoms with Gasteiger partial charge in [-0.25, -0.2) is 4.79 Å². The van der Waals surface area contributed by atoms with Crippen molar-refractivity contribution in [2.45, 2.75) is 56.9 Å². The normalized spacial score (nSPS) is 34.9. The Labute approximate surface area is 161 Å². The number of aliphatic hydroxyl groups is 1. The number of ether oxygens (including phenoxy) is 1. The third kappa shape index (κ3) is 3.35. The Morgan fingerprint density at radius 2 is 2.07 bits per heavy atom. The molecule has 27 heavy (non-hydrogen) atoms. The summed E-state index contributed by atoms with van der Waals surface area (Å²) in [6.07, 6.45) is -0.774. The van der Waals surface area contributed by atoms with Gasteiger partial charge in [0.2, 0.25) is 11.8 Å². The van der Waals surface area contributed by atoms with E-state index in [0.717, 1.165) is 0 Å². The molecule has 3 aliphatic heterocycles. The van der Waals surface area contributed by atoms with Crippen LogP contribution in [0, 0.1) is 11.8 Å². The number of aliphatic carboxylic acids is 1. The van der Waals surface area contributed by atoms with Crippen LogP contribution < -0.4 is 11.1 Å². The first kappa shape index (κ1) is 20.1. The molecule has 2 saturated heterocycles. The Morgan fingerprint density at radius 1 is 1.41 bits per heavy atom. The maximum absolute atomic E-state index is 12.4. The largest absolute Gasteiger partial charge is 0.477 e. The monoisotopic (exact) mass is 399 g/mol. The van der Waals surface area contributed by atoms with Crippen molar-refractivity contribution >= 4 is 29.5 Å². The van der Waals surface area contributed by atoms with Gasteiger partial charge in [0.25, 0.3) is 0 Å². The van der Waals surface area contributed by atoms with Gasteiger partial charge in [-0.3, -0.25) is 9.59 Å². The Kier molecular flexibility index (Phi) is 5.53. The number of thioether (sulfide) groups is 1. The number of aliphatic hydroxyl groups excluding tert-OH is 1. The van der Waals surface area contributed by atoms with Crippen molar-refractivity contribution in [2.24, 2.45) is 17.6 Å². The first-order valence-corrected chi connectivity index (χ1v) is 9.86. The molecule has 5 N–H and O–H groups in total. The van der Waals surface area contributed by atoms with Crippen LogP contribution in [0.15, 0.2) is 10.6 Å². The van der Waals surface area contributed by atoms with Gasteiger partial charge < -0.3 is 30.9 Å². The van der Waals surface area contributed by atoms with Crippen LogP contribution in [0.25, 0.3) is 0 Å². The Bertz CT molecular complexity index is 694. The minimum atomic E-state index is -1.17. The number of carbonyl (C=O) groups is 3. The summed E-state index contributed by atoms with van der Waals surface area (Å²) in [4.78, 5) is 38.0. The van der Waals surface area contributed by atoms with Gasteiger partial charge in [-0.2, -0.15) is 0 Å². The highest BCUT2D eigenvalue weighted by Crippen LogP contribution is 2.52. The van der Waals surface area contributed by atoms with Crippen LogP contribution in [0.4, 0.5) is 0 Å². The number of amides is 2. The molecule has 0 aromatic carbocycles. The van der Waals surface area contributed by atoms with Crippen molar-refractivity contribution in [3.05, 3.63) is 10.6 Å². The van der Waals surface area contributed by atoms with Crippen molar-refractivity contribution in [2.75, 3.05) is 6.61 Å². The molecule has 0 unspecified atom stereocenters. The zero-order chi connectivity index (χ0) is 20.0. The summed E-state index contributed by atoms with van der Waals surface area (Å²) >= 11 is 1.33. The van der Waals surface area contributed by atoms with Crippen LogP contribution in [0.3, 0.4) is 0 Å². The summed E-state index contributed by atoms with van der Waals surface area (Å²) in [5.74, 6) is -2.68. The lowest BCUT2D eigenvalue weighted by Gasteiger charge is -2.46. The molecular formula is C17H25N3O6S. The molecule has 0 radical (unpaired) electrons. The van der Waals surface area contributed by atoms with Gasteiger partial charge in [0, 0.05) is 10.8 Å². The van der Waals surface area contributed by atoms with Crippen molar-refractivity contribution in [1.29, 1.82) is 0 Å². The maximum Gasteiger partial charge on any atom is 0.353 e. The minimum absolute atomic E-state index is 0.0245. The molecular weight excluding hydrogens is 374 g/mol. The molecule has 0 saturated carbocycles. The third-order valence-corrected chi connectivity index (χ3v) is 6.93. The number of carbonyl (C=O) groups excluding carboxylic acids is 2.